The number of pyridine rings is 2. The van der Waals surface area contributed by atoms with Crippen LogP contribution in [-0.2, 0) is 6.42 Å². The highest BCUT2D eigenvalue weighted by Crippen LogP contribution is 1.97. The van der Waals surface area contributed by atoms with Gasteiger partial charge in [0.15, 0.2) is 0 Å². The van der Waals surface area contributed by atoms with E-state index < -0.39 is 0 Å². The first-order valence-electron chi connectivity index (χ1n) is 7.51. The van der Waals surface area contributed by atoms with Crippen LogP contribution in [-0.4, -0.2) is 9.97 Å². The Balaban J connectivity index is 0. The van der Waals surface area contributed by atoms with Crippen LogP contribution in [0.5, 0.6) is 0 Å². The van der Waals surface area contributed by atoms with E-state index in [2.05, 4.69) is 29.0 Å². The molecular weight excluding hydrogens is 244 g/mol. The Labute approximate surface area is 125 Å². The molecule has 0 bridgehead atoms. The summed E-state index contributed by atoms with van der Waals surface area (Å²) in [6.45, 7) is 14.1. The first-order chi connectivity index (χ1) is 9.72. The lowest BCUT2D eigenvalue weighted by Gasteiger charge is -1.93. The van der Waals surface area contributed by atoms with Gasteiger partial charge in [-0.25, -0.2) is 0 Å². The predicted molar refractivity (Wildman–Crippen MR) is 90.0 cm³/mol. The molecule has 0 aliphatic rings. The summed E-state index contributed by atoms with van der Waals surface area (Å²) < 4.78 is 0. The second kappa shape index (κ2) is 15.4. The minimum absolute atomic E-state index is 1.03. The summed E-state index contributed by atoms with van der Waals surface area (Å²) in [7, 11) is 0. The van der Waals surface area contributed by atoms with Gasteiger partial charge in [0.05, 0.1) is 0 Å². The van der Waals surface area contributed by atoms with Crippen LogP contribution in [0.2, 0.25) is 0 Å². The zero-order valence-corrected chi connectivity index (χ0v) is 14.1. The molecule has 2 rings (SSSR count). The SMILES string of the molecule is CC.CC.CCc1ccc(C)cn1.Cc1ccccn1. The van der Waals surface area contributed by atoms with Crippen LogP contribution >= 0.6 is 0 Å². The zero-order valence-electron chi connectivity index (χ0n) is 14.1. The molecule has 0 spiro atoms. The second-order valence-electron chi connectivity index (χ2n) is 3.65. The van der Waals surface area contributed by atoms with Gasteiger partial charge in [-0.1, -0.05) is 46.8 Å². The van der Waals surface area contributed by atoms with E-state index in [1.54, 1.807) is 6.20 Å². The second-order valence-corrected chi connectivity index (χ2v) is 3.65. The Morgan fingerprint density at radius 1 is 0.850 bits per heavy atom. The maximum Gasteiger partial charge on any atom is 0.0401 e. The van der Waals surface area contributed by atoms with Crippen molar-refractivity contribution in [2.75, 3.05) is 0 Å². The molecule has 0 saturated carbocycles. The number of nitrogens with zero attached hydrogens (tertiary/aromatic N) is 2. The summed E-state index contributed by atoms with van der Waals surface area (Å²) in [5.41, 5.74) is 3.47. The first-order valence-corrected chi connectivity index (χ1v) is 7.51. The Bertz CT molecular complexity index is 394. The molecule has 0 N–H and O–H groups in total. The molecule has 0 fully saturated rings. The van der Waals surface area contributed by atoms with Crippen molar-refractivity contribution < 1.29 is 0 Å². The summed E-state index contributed by atoms with van der Waals surface area (Å²) in [5, 5.41) is 0. The zero-order chi connectivity index (χ0) is 15.8. The topological polar surface area (TPSA) is 25.8 Å². The van der Waals surface area contributed by atoms with E-state index in [0.717, 1.165) is 12.1 Å². The number of aryl methyl sites for hydroxylation is 3. The molecule has 0 unspecified atom stereocenters. The monoisotopic (exact) mass is 274 g/mol. The third-order valence-corrected chi connectivity index (χ3v) is 2.15. The minimum Gasteiger partial charge on any atom is -0.262 e. The van der Waals surface area contributed by atoms with Crippen LogP contribution in [0, 0.1) is 13.8 Å². The molecule has 2 aromatic rings. The van der Waals surface area contributed by atoms with Crippen molar-refractivity contribution in [1.29, 1.82) is 0 Å². The van der Waals surface area contributed by atoms with Crippen LogP contribution < -0.4 is 0 Å². The minimum atomic E-state index is 1.03. The van der Waals surface area contributed by atoms with Gasteiger partial charge in [0.2, 0.25) is 0 Å². The number of aromatic nitrogens is 2. The molecule has 2 nitrogen and oxygen atoms in total. The van der Waals surface area contributed by atoms with Crippen LogP contribution in [0.1, 0.15) is 51.6 Å². The number of rotatable bonds is 1. The molecule has 0 aliphatic carbocycles. The maximum atomic E-state index is 4.20. The average Bonchev–Trinajstić information content (AvgIpc) is 2.53. The summed E-state index contributed by atoms with van der Waals surface area (Å²) >= 11 is 0. The van der Waals surface area contributed by atoms with E-state index in [9.17, 15) is 0 Å². The lowest BCUT2D eigenvalue weighted by Crippen LogP contribution is -1.84. The maximum absolute atomic E-state index is 4.20. The van der Waals surface area contributed by atoms with Crippen LogP contribution in [0.3, 0.4) is 0 Å². The summed E-state index contributed by atoms with van der Waals surface area (Å²) in [6.07, 6.45) is 4.72. The molecule has 0 atom stereocenters. The highest BCUT2D eigenvalue weighted by atomic mass is 14.7. The van der Waals surface area contributed by atoms with E-state index in [0.29, 0.717) is 0 Å². The van der Waals surface area contributed by atoms with Crippen LogP contribution in [0.4, 0.5) is 0 Å². The molecule has 20 heavy (non-hydrogen) atoms. The van der Waals surface area contributed by atoms with Gasteiger partial charge in [-0.15, -0.1) is 0 Å². The fourth-order valence-corrected chi connectivity index (χ4v) is 1.16. The van der Waals surface area contributed by atoms with E-state index in [1.807, 2.05) is 65.9 Å². The van der Waals surface area contributed by atoms with E-state index in [1.165, 1.54) is 11.3 Å². The van der Waals surface area contributed by atoms with Gasteiger partial charge in [0.1, 0.15) is 0 Å². The Hall–Kier alpha value is -1.70. The van der Waals surface area contributed by atoms with Crippen molar-refractivity contribution >= 4 is 0 Å². The quantitative estimate of drug-likeness (QED) is 0.696. The normalized spacial score (nSPS) is 7.95. The molecule has 0 radical (unpaired) electrons. The van der Waals surface area contributed by atoms with Gasteiger partial charge in [0, 0.05) is 23.8 Å². The molecule has 112 valence electrons. The fraction of sp³-hybridized carbons (Fsp3) is 0.444. The predicted octanol–water partition coefficient (Wildman–Crippen LogP) is 5.39. The Morgan fingerprint density at radius 2 is 1.50 bits per heavy atom. The van der Waals surface area contributed by atoms with Crippen molar-refractivity contribution in [3.8, 4) is 0 Å². The summed E-state index contributed by atoms with van der Waals surface area (Å²) in [5.74, 6) is 0. The molecule has 2 heterocycles. The van der Waals surface area contributed by atoms with Crippen LogP contribution in [0.15, 0.2) is 42.7 Å². The first kappa shape index (κ1) is 20.6. The Morgan fingerprint density at radius 3 is 1.80 bits per heavy atom. The van der Waals surface area contributed by atoms with Crippen molar-refractivity contribution in [1.82, 2.24) is 9.97 Å². The molecule has 0 aromatic carbocycles. The van der Waals surface area contributed by atoms with Gasteiger partial charge < -0.3 is 0 Å². The molecule has 2 heteroatoms. The average molecular weight is 274 g/mol. The molecule has 0 amide bonds. The van der Waals surface area contributed by atoms with E-state index in [4.69, 9.17) is 0 Å². The van der Waals surface area contributed by atoms with Crippen molar-refractivity contribution in [2.45, 2.75) is 54.9 Å². The molecular formula is C18H30N2. The lowest BCUT2D eigenvalue weighted by molar-refractivity contribution is 1.03. The largest absolute Gasteiger partial charge is 0.262 e. The van der Waals surface area contributed by atoms with Gasteiger partial charge in [-0.2, -0.15) is 0 Å². The highest BCUT2D eigenvalue weighted by molar-refractivity contribution is 5.11. The smallest absolute Gasteiger partial charge is 0.0401 e. The summed E-state index contributed by atoms with van der Waals surface area (Å²) in [4.78, 5) is 8.18. The fourth-order valence-electron chi connectivity index (χ4n) is 1.16. The van der Waals surface area contributed by atoms with Crippen molar-refractivity contribution in [3.63, 3.8) is 0 Å². The van der Waals surface area contributed by atoms with Gasteiger partial charge in [-0.3, -0.25) is 9.97 Å². The number of hydrogen-bond donors (Lipinski definition) is 0. The number of hydrogen-bond acceptors (Lipinski definition) is 2. The third kappa shape index (κ3) is 11.4. The van der Waals surface area contributed by atoms with Crippen LogP contribution in [0.25, 0.3) is 0 Å². The van der Waals surface area contributed by atoms with Gasteiger partial charge in [0.25, 0.3) is 0 Å². The van der Waals surface area contributed by atoms with Crippen molar-refractivity contribution in [3.05, 3.63) is 59.7 Å². The van der Waals surface area contributed by atoms with E-state index in [-0.39, 0.29) is 0 Å². The molecule has 0 aliphatic heterocycles. The lowest BCUT2D eigenvalue weighted by atomic mass is 10.2. The highest BCUT2D eigenvalue weighted by Gasteiger charge is 1.86. The molecule has 2 aromatic heterocycles. The van der Waals surface area contributed by atoms with Gasteiger partial charge >= 0.3 is 0 Å². The Kier molecular flexibility index (Phi) is 15.8. The standard InChI is InChI=1S/C8H11N.C6H7N.2C2H6/c1-3-8-5-4-7(2)6-9-8;1-6-4-2-3-5-7-6;2*1-2/h4-6H,3H2,1-2H3;2-5H,1H3;2*1-2H3. The van der Waals surface area contributed by atoms with Crippen molar-refractivity contribution in [2.24, 2.45) is 0 Å². The third-order valence-electron chi connectivity index (χ3n) is 2.15. The van der Waals surface area contributed by atoms with Gasteiger partial charge in [-0.05, 0) is 44.0 Å². The summed E-state index contributed by atoms with van der Waals surface area (Å²) in [6, 6.07) is 10.0. The van der Waals surface area contributed by atoms with E-state index >= 15 is 0 Å². The molecule has 0 saturated heterocycles.